The Morgan fingerprint density at radius 1 is 1.12 bits per heavy atom. The van der Waals surface area contributed by atoms with E-state index in [-0.39, 0.29) is 17.5 Å². The molecule has 2 aromatic rings. The minimum atomic E-state index is -3.99. The average Bonchev–Trinajstić information content (AvgIpc) is 2.80. The average molecular weight is 479 g/mol. The van der Waals surface area contributed by atoms with Crippen LogP contribution in [0.2, 0.25) is 0 Å². The second-order valence-corrected chi connectivity index (χ2v) is 10.4. The third-order valence-electron chi connectivity index (χ3n) is 5.45. The molecule has 0 saturated heterocycles. The lowest BCUT2D eigenvalue weighted by Gasteiger charge is -2.30. The number of nitrogens with one attached hydrogen (secondary N) is 1. The van der Waals surface area contributed by atoms with E-state index in [1.165, 1.54) is 11.8 Å². The molecule has 9 heteroatoms. The van der Waals surface area contributed by atoms with Crippen LogP contribution in [0, 0.1) is 0 Å². The maximum absolute atomic E-state index is 13.5. The molecule has 174 valence electrons. The highest BCUT2D eigenvalue weighted by molar-refractivity contribution is 7.98. The number of hydrogen-bond acceptors (Lipinski definition) is 6. The van der Waals surface area contributed by atoms with Crippen molar-refractivity contribution in [2.45, 2.75) is 54.5 Å². The molecule has 2 aromatic carbocycles. The van der Waals surface area contributed by atoms with Crippen LogP contribution in [0.25, 0.3) is 0 Å². The molecule has 1 aliphatic carbocycles. The number of rotatable bonds is 9. The highest BCUT2D eigenvalue weighted by Crippen LogP contribution is 2.27. The first-order valence-electron chi connectivity index (χ1n) is 10.7. The van der Waals surface area contributed by atoms with E-state index in [1.54, 1.807) is 48.5 Å². The maximum atomic E-state index is 13.5. The molecule has 1 aliphatic rings. The molecule has 2 N–H and O–H groups in total. The van der Waals surface area contributed by atoms with E-state index in [1.807, 2.05) is 13.2 Å². The van der Waals surface area contributed by atoms with Gasteiger partial charge in [-0.2, -0.15) is 0 Å². The number of benzene rings is 2. The van der Waals surface area contributed by atoms with Crippen LogP contribution in [0.3, 0.4) is 0 Å². The smallest absolute Gasteiger partial charge is 0.264 e. The Morgan fingerprint density at radius 2 is 1.78 bits per heavy atom. The lowest BCUT2D eigenvalue weighted by Crippen LogP contribution is -2.49. The Labute approximate surface area is 194 Å². The van der Waals surface area contributed by atoms with Crippen molar-refractivity contribution in [1.82, 2.24) is 5.32 Å². The number of sulfonamides is 1. The van der Waals surface area contributed by atoms with E-state index in [0.29, 0.717) is 30.9 Å². The number of hydrogen-bond donors (Lipinski definition) is 2. The molecule has 2 atom stereocenters. The molecule has 1 amide bonds. The summed E-state index contributed by atoms with van der Waals surface area (Å²) in [5.41, 5.74) is 0.363. The van der Waals surface area contributed by atoms with Crippen LogP contribution in [0.4, 0.5) is 5.69 Å². The number of nitrogens with zero attached hydrogens (tertiary/aromatic N) is 1. The Balaban J connectivity index is 1.88. The van der Waals surface area contributed by atoms with Gasteiger partial charge in [-0.05, 0) is 74.6 Å². The first kappa shape index (κ1) is 24.4. The van der Waals surface area contributed by atoms with Crippen molar-refractivity contribution in [2.24, 2.45) is 0 Å². The molecule has 1 fully saturated rings. The summed E-state index contributed by atoms with van der Waals surface area (Å²) in [7, 11) is -3.99. The molecule has 7 nitrogen and oxygen atoms in total. The Bertz CT molecular complexity index is 994. The van der Waals surface area contributed by atoms with Crippen LogP contribution >= 0.6 is 11.8 Å². The van der Waals surface area contributed by atoms with E-state index < -0.39 is 22.0 Å². The number of ether oxygens (including phenoxy) is 1. The Kier molecular flexibility index (Phi) is 8.44. The maximum Gasteiger partial charge on any atom is 0.264 e. The van der Waals surface area contributed by atoms with E-state index in [9.17, 15) is 18.3 Å². The molecule has 0 aromatic heterocycles. The van der Waals surface area contributed by atoms with Gasteiger partial charge in [0.1, 0.15) is 12.3 Å². The molecule has 3 rings (SSSR count). The van der Waals surface area contributed by atoms with Crippen molar-refractivity contribution in [3.63, 3.8) is 0 Å². The van der Waals surface area contributed by atoms with Crippen molar-refractivity contribution < 1.29 is 23.1 Å². The van der Waals surface area contributed by atoms with Crippen LogP contribution in [0.5, 0.6) is 5.75 Å². The summed E-state index contributed by atoms with van der Waals surface area (Å²) in [5, 5.41) is 13.0. The van der Waals surface area contributed by atoms with E-state index in [2.05, 4.69) is 5.32 Å². The highest BCUT2D eigenvalue weighted by atomic mass is 32.2. The lowest BCUT2D eigenvalue weighted by atomic mass is 9.92. The molecule has 0 aliphatic heterocycles. The van der Waals surface area contributed by atoms with Gasteiger partial charge in [0, 0.05) is 4.90 Å². The fraction of sp³-hybridized carbons (Fsp3) is 0.435. The van der Waals surface area contributed by atoms with E-state index in [4.69, 9.17) is 4.74 Å². The van der Waals surface area contributed by atoms with Crippen LogP contribution in [-0.4, -0.2) is 51.0 Å². The van der Waals surface area contributed by atoms with E-state index in [0.717, 1.165) is 22.0 Å². The van der Waals surface area contributed by atoms with Crippen molar-refractivity contribution >= 4 is 33.4 Å². The fourth-order valence-corrected chi connectivity index (χ4v) is 5.56. The molecule has 0 heterocycles. The van der Waals surface area contributed by atoms with Crippen LogP contribution < -0.4 is 14.4 Å². The second kappa shape index (κ2) is 11.1. The zero-order valence-electron chi connectivity index (χ0n) is 18.4. The largest absolute Gasteiger partial charge is 0.494 e. The summed E-state index contributed by atoms with van der Waals surface area (Å²) in [6.45, 7) is 1.98. The van der Waals surface area contributed by atoms with Gasteiger partial charge in [0.15, 0.2) is 0 Å². The summed E-state index contributed by atoms with van der Waals surface area (Å²) < 4.78 is 33.5. The predicted molar refractivity (Wildman–Crippen MR) is 127 cm³/mol. The molecule has 0 radical (unpaired) electrons. The number of anilines is 1. The van der Waals surface area contributed by atoms with Gasteiger partial charge in [-0.15, -0.1) is 11.8 Å². The molecule has 32 heavy (non-hydrogen) atoms. The number of amides is 1. The summed E-state index contributed by atoms with van der Waals surface area (Å²) in [6.07, 6.45) is 4.46. The molecular formula is C23H30N2O5S2. The van der Waals surface area contributed by atoms with Gasteiger partial charge in [-0.1, -0.05) is 12.8 Å². The third kappa shape index (κ3) is 5.96. The van der Waals surface area contributed by atoms with Gasteiger partial charge in [0.25, 0.3) is 10.0 Å². The number of carbonyl (C=O) groups is 1. The van der Waals surface area contributed by atoms with Crippen LogP contribution in [-0.2, 0) is 14.8 Å². The molecule has 1 saturated carbocycles. The summed E-state index contributed by atoms with van der Waals surface area (Å²) in [6, 6.07) is 12.8. The number of carbonyl (C=O) groups excluding carboxylic acids is 1. The molecular weight excluding hydrogens is 448 g/mol. The van der Waals surface area contributed by atoms with Crippen molar-refractivity contribution in [3.8, 4) is 5.75 Å². The molecule has 0 bridgehead atoms. The normalized spacial score (nSPS) is 18.7. The fourth-order valence-electron chi connectivity index (χ4n) is 3.73. The lowest BCUT2D eigenvalue weighted by molar-refractivity contribution is -0.121. The quantitative estimate of drug-likeness (QED) is 0.536. The van der Waals surface area contributed by atoms with Crippen molar-refractivity contribution in [3.05, 3.63) is 48.5 Å². The van der Waals surface area contributed by atoms with Gasteiger partial charge in [-0.25, -0.2) is 8.42 Å². The van der Waals surface area contributed by atoms with Gasteiger partial charge in [0.05, 0.1) is 29.3 Å². The first-order chi connectivity index (χ1) is 15.3. The standard InChI is InChI=1S/C23H30N2O5S2/c1-3-30-18-10-8-17(9-11-18)25(16-23(27)24-21-6-4-5-7-22(21)26)32(28,29)20-14-12-19(31-2)13-15-20/h8-15,21-22,26H,3-7,16H2,1-2H3,(H,24,27). The van der Waals surface area contributed by atoms with Gasteiger partial charge in [-0.3, -0.25) is 9.10 Å². The Morgan fingerprint density at radius 3 is 2.38 bits per heavy atom. The summed E-state index contributed by atoms with van der Waals surface area (Å²) in [5.74, 6) is 0.168. The summed E-state index contributed by atoms with van der Waals surface area (Å²) in [4.78, 5) is 13.9. The van der Waals surface area contributed by atoms with Crippen LogP contribution in [0.1, 0.15) is 32.6 Å². The number of aliphatic hydroxyl groups is 1. The minimum absolute atomic E-state index is 0.106. The van der Waals surface area contributed by atoms with Crippen LogP contribution in [0.15, 0.2) is 58.3 Å². The van der Waals surface area contributed by atoms with Gasteiger partial charge >= 0.3 is 0 Å². The zero-order valence-corrected chi connectivity index (χ0v) is 20.0. The minimum Gasteiger partial charge on any atom is -0.494 e. The summed E-state index contributed by atoms with van der Waals surface area (Å²) >= 11 is 1.52. The molecule has 2 unspecified atom stereocenters. The van der Waals surface area contributed by atoms with Crippen molar-refractivity contribution in [2.75, 3.05) is 23.7 Å². The monoisotopic (exact) mass is 478 g/mol. The topological polar surface area (TPSA) is 95.9 Å². The molecule has 0 spiro atoms. The van der Waals surface area contributed by atoms with Gasteiger partial charge < -0.3 is 15.2 Å². The van der Waals surface area contributed by atoms with Crippen molar-refractivity contribution in [1.29, 1.82) is 0 Å². The van der Waals surface area contributed by atoms with Gasteiger partial charge in [0.2, 0.25) is 5.91 Å². The predicted octanol–water partition coefficient (Wildman–Crippen LogP) is 3.42. The number of thioether (sulfide) groups is 1. The highest BCUT2D eigenvalue weighted by Gasteiger charge is 2.30. The third-order valence-corrected chi connectivity index (χ3v) is 7.98. The zero-order chi connectivity index (χ0) is 23.1. The second-order valence-electron chi connectivity index (χ2n) is 7.64. The SMILES string of the molecule is CCOc1ccc(N(CC(=O)NC2CCCCC2O)S(=O)(=O)c2ccc(SC)cc2)cc1. The Hall–Kier alpha value is -2.23. The number of aliphatic hydroxyl groups excluding tert-OH is 1. The van der Waals surface area contributed by atoms with E-state index >= 15 is 0 Å². The first-order valence-corrected chi connectivity index (χ1v) is 13.4.